The van der Waals surface area contributed by atoms with Gasteiger partial charge in [-0.3, -0.25) is 14.3 Å². The number of hydrogen-bond acceptors (Lipinski definition) is 4. The monoisotopic (exact) mass is 408 g/mol. The average molecular weight is 409 g/mol. The highest BCUT2D eigenvalue weighted by molar-refractivity contribution is 5.94. The smallest absolute Gasteiger partial charge is 0.252 e. The SMILES string of the molecule is CCOCCn1cc(C(=O)NC2CC(c3cccc4c3c(C)nn4C)C2)ccc1=O. The van der Waals surface area contributed by atoms with Gasteiger partial charge in [0.05, 0.1) is 23.4 Å². The fourth-order valence-electron chi connectivity index (χ4n) is 4.30. The Bertz CT molecular complexity index is 1130. The first kappa shape index (κ1) is 20.3. The molecule has 158 valence electrons. The lowest BCUT2D eigenvalue weighted by atomic mass is 9.74. The number of pyridine rings is 1. The predicted molar refractivity (Wildman–Crippen MR) is 116 cm³/mol. The Morgan fingerprint density at radius 2 is 2.07 bits per heavy atom. The fourth-order valence-corrected chi connectivity index (χ4v) is 4.30. The molecule has 7 heteroatoms. The Hall–Kier alpha value is -2.93. The second-order valence-corrected chi connectivity index (χ2v) is 7.94. The van der Waals surface area contributed by atoms with E-state index in [2.05, 4.69) is 28.6 Å². The van der Waals surface area contributed by atoms with E-state index in [-0.39, 0.29) is 17.5 Å². The van der Waals surface area contributed by atoms with Crippen molar-refractivity contribution in [3.63, 3.8) is 0 Å². The van der Waals surface area contributed by atoms with Crippen LogP contribution >= 0.6 is 0 Å². The summed E-state index contributed by atoms with van der Waals surface area (Å²) in [5, 5.41) is 8.89. The molecule has 7 nitrogen and oxygen atoms in total. The summed E-state index contributed by atoms with van der Waals surface area (Å²) < 4.78 is 8.76. The number of carbonyl (C=O) groups excluding carboxylic acids is 1. The summed E-state index contributed by atoms with van der Waals surface area (Å²) in [6, 6.07) is 9.51. The molecule has 2 aromatic heterocycles. The average Bonchev–Trinajstić information content (AvgIpc) is 3.00. The van der Waals surface area contributed by atoms with Gasteiger partial charge >= 0.3 is 0 Å². The van der Waals surface area contributed by atoms with Crippen LogP contribution in [-0.4, -0.2) is 39.5 Å². The minimum Gasteiger partial charge on any atom is -0.380 e. The molecule has 2 heterocycles. The molecule has 1 fully saturated rings. The largest absolute Gasteiger partial charge is 0.380 e. The number of amides is 1. The Labute approximate surface area is 175 Å². The Morgan fingerprint density at radius 1 is 1.27 bits per heavy atom. The van der Waals surface area contributed by atoms with Crippen LogP contribution in [0.25, 0.3) is 10.9 Å². The number of benzene rings is 1. The Kier molecular flexibility index (Phi) is 5.72. The van der Waals surface area contributed by atoms with Crippen molar-refractivity contribution in [1.29, 1.82) is 0 Å². The first-order valence-corrected chi connectivity index (χ1v) is 10.5. The highest BCUT2D eigenvalue weighted by Crippen LogP contribution is 2.40. The molecular formula is C23H28N4O3. The molecule has 0 spiro atoms. The van der Waals surface area contributed by atoms with Gasteiger partial charge in [0.1, 0.15) is 0 Å². The summed E-state index contributed by atoms with van der Waals surface area (Å²) in [5.41, 5.74) is 3.87. The number of carbonyl (C=O) groups is 1. The molecule has 1 N–H and O–H groups in total. The van der Waals surface area contributed by atoms with Gasteiger partial charge in [-0.15, -0.1) is 0 Å². The normalized spacial score (nSPS) is 18.4. The zero-order chi connectivity index (χ0) is 21.3. The summed E-state index contributed by atoms with van der Waals surface area (Å²) in [6.45, 7) is 5.45. The van der Waals surface area contributed by atoms with Crippen LogP contribution in [0.3, 0.4) is 0 Å². The van der Waals surface area contributed by atoms with Gasteiger partial charge in [0.15, 0.2) is 0 Å². The van der Waals surface area contributed by atoms with E-state index in [1.165, 1.54) is 21.6 Å². The van der Waals surface area contributed by atoms with Gasteiger partial charge in [-0.1, -0.05) is 12.1 Å². The van der Waals surface area contributed by atoms with Crippen LogP contribution in [0, 0.1) is 6.92 Å². The molecule has 1 aromatic carbocycles. The summed E-state index contributed by atoms with van der Waals surface area (Å²) >= 11 is 0. The van der Waals surface area contributed by atoms with Crippen molar-refractivity contribution < 1.29 is 9.53 Å². The van der Waals surface area contributed by atoms with Crippen molar-refractivity contribution >= 4 is 16.8 Å². The molecule has 0 aliphatic heterocycles. The Balaban J connectivity index is 1.40. The lowest BCUT2D eigenvalue weighted by molar-refractivity contribution is 0.0907. The van der Waals surface area contributed by atoms with Crippen LogP contribution in [-0.2, 0) is 18.3 Å². The van der Waals surface area contributed by atoms with E-state index in [0.717, 1.165) is 24.1 Å². The molecule has 4 rings (SSSR count). The first-order valence-electron chi connectivity index (χ1n) is 10.5. The van der Waals surface area contributed by atoms with E-state index in [1.807, 2.05) is 25.6 Å². The number of rotatable bonds is 7. The van der Waals surface area contributed by atoms with Gasteiger partial charge in [0.2, 0.25) is 0 Å². The van der Waals surface area contributed by atoms with Gasteiger partial charge in [-0.25, -0.2) is 0 Å². The molecule has 0 radical (unpaired) electrons. The molecule has 0 saturated heterocycles. The molecule has 0 atom stereocenters. The lowest BCUT2D eigenvalue weighted by Crippen LogP contribution is -2.43. The predicted octanol–water partition coefficient (Wildman–Crippen LogP) is 2.76. The topological polar surface area (TPSA) is 78.2 Å². The van der Waals surface area contributed by atoms with E-state index >= 15 is 0 Å². The molecule has 1 aliphatic rings. The number of aryl methyl sites for hydroxylation is 2. The molecule has 1 aliphatic carbocycles. The number of nitrogens with one attached hydrogen (secondary N) is 1. The fraction of sp³-hybridized carbons (Fsp3) is 0.435. The molecule has 0 bridgehead atoms. The van der Waals surface area contributed by atoms with Crippen molar-refractivity contribution in [2.75, 3.05) is 13.2 Å². The van der Waals surface area contributed by atoms with E-state index < -0.39 is 0 Å². The number of ether oxygens (including phenoxy) is 1. The highest BCUT2D eigenvalue weighted by Gasteiger charge is 2.33. The molecule has 0 unspecified atom stereocenters. The van der Waals surface area contributed by atoms with Crippen molar-refractivity contribution in [2.45, 2.75) is 45.2 Å². The second kappa shape index (κ2) is 8.44. The van der Waals surface area contributed by atoms with Gasteiger partial charge in [-0.05, 0) is 50.3 Å². The van der Waals surface area contributed by atoms with E-state index in [4.69, 9.17) is 4.74 Å². The zero-order valence-electron chi connectivity index (χ0n) is 17.7. The number of aromatic nitrogens is 3. The van der Waals surface area contributed by atoms with Crippen LogP contribution in [0.1, 0.15) is 47.3 Å². The standard InChI is InChI=1S/C23H28N4O3/c1-4-30-11-10-27-14-16(8-9-21(27)28)23(29)24-18-12-17(13-18)19-6-5-7-20-22(19)15(2)25-26(20)3/h5-9,14,17-18H,4,10-13H2,1-3H3,(H,24,29). The summed E-state index contributed by atoms with van der Waals surface area (Å²) in [5.74, 6) is 0.279. The molecule has 1 saturated carbocycles. The third-order valence-electron chi connectivity index (χ3n) is 5.92. The van der Waals surface area contributed by atoms with Crippen molar-refractivity contribution in [3.05, 3.63) is 63.7 Å². The maximum absolute atomic E-state index is 12.7. The van der Waals surface area contributed by atoms with E-state index in [9.17, 15) is 9.59 Å². The van der Waals surface area contributed by atoms with Crippen molar-refractivity contribution in [2.24, 2.45) is 7.05 Å². The van der Waals surface area contributed by atoms with Crippen LogP contribution in [0.5, 0.6) is 0 Å². The third kappa shape index (κ3) is 3.89. The summed E-state index contributed by atoms with van der Waals surface area (Å²) in [7, 11) is 1.97. The zero-order valence-corrected chi connectivity index (χ0v) is 17.7. The van der Waals surface area contributed by atoms with Crippen LogP contribution in [0.2, 0.25) is 0 Å². The number of nitrogens with zero attached hydrogens (tertiary/aromatic N) is 3. The second-order valence-electron chi connectivity index (χ2n) is 7.94. The van der Waals surface area contributed by atoms with Gasteiger partial charge in [-0.2, -0.15) is 5.10 Å². The molecule has 3 aromatic rings. The van der Waals surface area contributed by atoms with Gasteiger partial charge in [0, 0.05) is 43.9 Å². The maximum Gasteiger partial charge on any atom is 0.252 e. The molecule has 1 amide bonds. The van der Waals surface area contributed by atoms with E-state index in [1.54, 1.807) is 12.3 Å². The number of hydrogen-bond donors (Lipinski definition) is 1. The van der Waals surface area contributed by atoms with Crippen molar-refractivity contribution in [1.82, 2.24) is 19.7 Å². The quantitative estimate of drug-likeness (QED) is 0.610. The molecule has 30 heavy (non-hydrogen) atoms. The van der Waals surface area contributed by atoms with Gasteiger partial charge < -0.3 is 14.6 Å². The van der Waals surface area contributed by atoms with E-state index in [0.29, 0.717) is 31.2 Å². The minimum absolute atomic E-state index is 0.130. The lowest BCUT2D eigenvalue weighted by Gasteiger charge is -2.36. The minimum atomic E-state index is -0.139. The van der Waals surface area contributed by atoms with Gasteiger partial charge in [0.25, 0.3) is 11.5 Å². The molecular weight excluding hydrogens is 380 g/mol. The third-order valence-corrected chi connectivity index (χ3v) is 5.92. The summed E-state index contributed by atoms with van der Waals surface area (Å²) in [4.78, 5) is 24.7. The van der Waals surface area contributed by atoms with Crippen LogP contribution < -0.4 is 10.9 Å². The van der Waals surface area contributed by atoms with Crippen LogP contribution in [0.4, 0.5) is 0 Å². The summed E-state index contributed by atoms with van der Waals surface area (Å²) in [6.07, 6.45) is 3.43. The highest BCUT2D eigenvalue weighted by atomic mass is 16.5. The maximum atomic E-state index is 12.7. The Morgan fingerprint density at radius 3 is 2.83 bits per heavy atom. The first-order chi connectivity index (χ1) is 14.5. The van der Waals surface area contributed by atoms with Crippen molar-refractivity contribution in [3.8, 4) is 0 Å². The van der Waals surface area contributed by atoms with Crippen LogP contribution in [0.15, 0.2) is 41.3 Å². The number of fused-ring (bicyclic) bond motifs is 1.